The van der Waals surface area contributed by atoms with E-state index in [1.807, 2.05) is 36.1 Å². The minimum absolute atomic E-state index is 0.223. The fourth-order valence-electron chi connectivity index (χ4n) is 2.66. The molecule has 1 aliphatic heterocycles. The average Bonchev–Trinajstić information content (AvgIpc) is 3.03. The average molecular weight is 328 g/mol. The van der Waals surface area contributed by atoms with Crippen molar-refractivity contribution in [2.75, 3.05) is 24.5 Å². The number of aliphatic imine (C=N–C) groups is 1. The zero-order valence-corrected chi connectivity index (χ0v) is 14.7. The van der Waals surface area contributed by atoms with Crippen LogP contribution in [0.2, 0.25) is 0 Å². The molecule has 0 unspecified atom stereocenters. The molecule has 130 valence electrons. The lowest BCUT2D eigenvalue weighted by Crippen LogP contribution is -2.37. The largest absolute Gasteiger partial charge is 0.357 e. The number of benzene rings is 1. The van der Waals surface area contributed by atoms with Gasteiger partial charge in [-0.1, -0.05) is 24.3 Å². The molecule has 24 heavy (non-hydrogen) atoms. The van der Waals surface area contributed by atoms with E-state index in [-0.39, 0.29) is 5.91 Å². The second kappa shape index (κ2) is 9.75. The Morgan fingerprint density at radius 2 is 2.08 bits per heavy atom. The maximum Gasteiger partial charge on any atom is 0.227 e. The van der Waals surface area contributed by atoms with E-state index in [9.17, 15) is 4.79 Å². The molecule has 0 aromatic heterocycles. The van der Waals surface area contributed by atoms with Crippen LogP contribution in [-0.2, 0) is 11.3 Å². The van der Waals surface area contributed by atoms with Gasteiger partial charge in [0.25, 0.3) is 0 Å². The van der Waals surface area contributed by atoms with Crippen molar-refractivity contribution < 1.29 is 4.79 Å². The van der Waals surface area contributed by atoms with Crippen molar-refractivity contribution in [1.29, 1.82) is 0 Å². The minimum atomic E-state index is 0.223. The molecular weight excluding hydrogens is 300 g/mol. The first-order chi connectivity index (χ1) is 11.7. The van der Waals surface area contributed by atoms with Gasteiger partial charge in [-0.05, 0) is 44.4 Å². The summed E-state index contributed by atoms with van der Waals surface area (Å²) in [6.07, 6.45) is 6.79. The second-order valence-electron chi connectivity index (χ2n) is 5.80. The number of hydrogen-bond donors (Lipinski definition) is 2. The first-order valence-electron chi connectivity index (χ1n) is 8.77. The van der Waals surface area contributed by atoms with Gasteiger partial charge in [0, 0.05) is 31.7 Å². The molecule has 1 aromatic carbocycles. The van der Waals surface area contributed by atoms with E-state index in [0.717, 1.165) is 49.7 Å². The van der Waals surface area contributed by atoms with Gasteiger partial charge in [0.2, 0.25) is 5.91 Å². The Bertz CT molecular complexity index is 578. The second-order valence-corrected chi connectivity index (χ2v) is 5.80. The maximum atomic E-state index is 11.8. The van der Waals surface area contributed by atoms with Crippen molar-refractivity contribution in [3.05, 3.63) is 42.0 Å². The molecule has 0 aliphatic carbocycles. The van der Waals surface area contributed by atoms with Crippen LogP contribution in [0.3, 0.4) is 0 Å². The molecule has 0 bridgehead atoms. The fourth-order valence-corrected chi connectivity index (χ4v) is 2.66. The van der Waals surface area contributed by atoms with E-state index in [2.05, 4.69) is 34.7 Å². The molecule has 2 N–H and O–H groups in total. The lowest BCUT2D eigenvalue weighted by atomic mass is 10.2. The van der Waals surface area contributed by atoms with Crippen LogP contribution in [0.4, 0.5) is 5.69 Å². The molecule has 1 fully saturated rings. The van der Waals surface area contributed by atoms with Crippen LogP contribution in [-0.4, -0.2) is 31.5 Å². The van der Waals surface area contributed by atoms with Gasteiger partial charge in [-0.3, -0.25) is 4.79 Å². The lowest BCUT2D eigenvalue weighted by molar-refractivity contribution is -0.117. The monoisotopic (exact) mass is 328 g/mol. The van der Waals surface area contributed by atoms with E-state index < -0.39 is 0 Å². The van der Waals surface area contributed by atoms with Crippen LogP contribution >= 0.6 is 0 Å². The van der Waals surface area contributed by atoms with Crippen molar-refractivity contribution in [3.63, 3.8) is 0 Å². The Balaban J connectivity index is 1.91. The molecule has 2 rings (SSSR count). The molecule has 0 radical (unpaired) electrons. The highest BCUT2D eigenvalue weighted by molar-refractivity contribution is 5.95. The highest BCUT2D eigenvalue weighted by Gasteiger charge is 2.21. The molecule has 1 amide bonds. The molecule has 0 saturated carbocycles. The molecule has 0 atom stereocenters. The van der Waals surface area contributed by atoms with Gasteiger partial charge in [-0.2, -0.15) is 0 Å². The smallest absolute Gasteiger partial charge is 0.227 e. The maximum absolute atomic E-state index is 11.8. The number of anilines is 1. The summed E-state index contributed by atoms with van der Waals surface area (Å²) in [5.74, 6) is 1.06. The SMILES string of the molecule is CC=CCCNC(=NCc1ccc(N2CCCC2=O)cc1)NCC. The van der Waals surface area contributed by atoms with E-state index in [4.69, 9.17) is 0 Å². The Hall–Kier alpha value is -2.30. The van der Waals surface area contributed by atoms with Crippen LogP contribution < -0.4 is 15.5 Å². The van der Waals surface area contributed by atoms with Gasteiger partial charge < -0.3 is 15.5 Å². The predicted molar refractivity (Wildman–Crippen MR) is 100 cm³/mol. The molecular formula is C19H28N4O. The van der Waals surface area contributed by atoms with E-state index in [0.29, 0.717) is 13.0 Å². The number of guanidine groups is 1. The van der Waals surface area contributed by atoms with E-state index in [1.54, 1.807) is 0 Å². The summed E-state index contributed by atoms with van der Waals surface area (Å²) >= 11 is 0. The van der Waals surface area contributed by atoms with Gasteiger partial charge in [0.15, 0.2) is 5.96 Å². The topological polar surface area (TPSA) is 56.7 Å². The number of nitrogens with one attached hydrogen (secondary N) is 2. The summed E-state index contributed by atoms with van der Waals surface area (Å²) in [6.45, 7) is 7.24. The summed E-state index contributed by atoms with van der Waals surface area (Å²) in [7, 11) is 0. The third-order valence-corrected chi connectivity index (χ3v) is 3.92. The first-order valence-corrected chi connectivity index (χ1v) is 8.77. The molecule has 5 heteroatoms. The predicted octanol–water partition coefficient (Wildman–Crippen LogP) is 2.83. The van der Waals surface area contributed by atoms with Gasteiger partial charge >= 0.3 is 0 Å². The van der Waals surface area contributed by atoms with Crippen molar-refractivity contribution in [3.8, 4) is 0 Å². The Morgan fingerprint density at radius 3 is 2.71 bits per heavy atom. The number of rotatable bonds is 7. The Labute approximate surface area is 144 Å². The lowest BCUT2D eigenvalue weighted by Gasteiger charge is -2.15. The van der Waals surface area contributed by atoms with E-state index in [1.165, 1.54) is 0 Å². The third-order valence-electron chi connectivity index (χ3n) is 3.92. The quantitative estimate of drug-likeness (QED) is 0.350. The van der Waals surface area contributed by atoms with Crippen LogP contribution in [0.1, 0.15) is 38.7 Å². The van der Waals surface area contributed by atoms with Gasteiger partial charge in [-0.15, -0.1) is 0 Å². The summed E-state index contributed by atoms with van der Waals surface area (Å²) in [6, 6.07) is 8.13. The zero-order chi connectivity index (χ0) is 17.2. The van der Waals surface area contributed by atoms with Crippen molar-refractivity contribution >= 4 is 17.6 Å². The fraction of sp³-hybridized carbons (Fsp3) is 0.474. The summed E-state index contributed by atoms with van der Waals surface area (Å²) in [5.41, 5.74) is 2.12. The number of carbonyl (C=O) groups is 1. The molecule has 0 spiro atoms. The van der Waals surface area contributed by atoms with Crippen LogP contribution in [0.15, 0.2) is 41.4 Å². The standard InChI is InChI=1S/C19H28N4O/c1-3-5-6-13-21-19(20-4-2)22-15-16-9-11-17(12-10-16)23-14-7-8-18(23)24/h3,5,9-12H,4,6-8,13-15H2,1-2H3,(H2,20,21,22). The number of allylic oxidation sites excluding steroid dienone is 1. The summed E-state index contributed by atoms with van der Waals surface area (Å²) in [5, 5.41) is 6.58. The number of amides is 1. The van der Waals surface area contributed by atoms with Crippen LogP contribution in [0.25, 0.3) is 0 Å². The molecule has 1 heterocycles. The van der Waals surface area contributed by atoms with Crippen molar-refractivity contribution in [1.82, 2.24) is 10.6 Å². The summed E-state index contributed by atoms with van der Waals surface area (Å²) in [4.78, 5) is 18.3. The van der Waals surface area contributed by atoms with Gasteiger partial charge in [0.05, 0.1) is 6.54 Å². The summed E-state index contributed by atoms with van der Waals surface area (Å²) < 4.78 is 0. The highest BCUT2D eigenvalue weighted by atomic mass is 16.2. The Morgan fingerprint density at radius 1 is 1.29 bits per heavy atom. The minimum Gasteiger partial charge on any atom is -0.357 e. The molecule has 5 nitrogen and oxygen atoms in total. The molecule has 1 saturated heterocycles. The number of hydrogen-bond acceptors (Lipinski definition) is 2. The number of carbonyl (C=O) groups excluding carboxylic acids is 1. The van der Waals surface area contributed by atoms with Crippen molar-refractivity contribution in [2.45, 2.75) is 39.7 Å². The number of nitrogens with zero attached hydrogens (tertiary/aromatic N) is 2. The highest BCUT2D eigenvalue weighted by Crippen LogP contribution is 2.21. The van der Waals surface area contributed by atoms with Crippen LogP contribution in [0, 0.1) is 0 Å². The first kappa shape index (κ1) is 18.0. The van der Waals surface area contributed by atoms with Gasteiger partial charge in [0.1, 0.15) is 0 Å². The zero-order valence-electron chi connectivity index (χ0n) is 14.7. The molecule has 1 aromatic rings. The third kappa shape index (κ3) is 5.41. The molecule has 1 aliphatic rings. The Kier molecular flexibility index (Phi) is 7.33. The van der Waals surface area contributed by atoms with Gasteiger partial charge in [-0.25, -0.2) is 4.99 Å². The van der Waals surface area contributed by atoms with E-state index >= 15 is 0 Å². The van der Waals surface area contributed by atoms with Crippen molar-refractivity contribution in [2.24, 2.45) is 4.99 Å². The normalized spacial score (nSPS) is 15.3. The van der Waals surface area contributed by atoms with Crippen LogP contribution in [0.5, 0.6) is 0 Å².